The maximum absolute atomic E-state index is 13.5. The number of alkyl halides is 1. The molecule has 0 aliphatic heterocycles. The number of benzene rings is 1. The molecule has 16 heavy (non-hydrogen) atoms. The Kier molecular flexibility index (Phi) is 2.40. The van der Waals surface area contributed by atoms with Crippen LogP contribution >= 0.6 is 0 Å². The fourth-order valence-electron chi connectivity index (χ4n) is 1.79. The number of carboxylic acids is 1. The standard InChI is InChI=1S/C11H9F3O2/c12-5-6-3-7(9(14)8(13)4-6)11(1-2-11)10(15)16/h3-4H,1-2,5H2,(H,15,16). The summed E-state index contributed by atoms with van der Waals surface area (Å²) in [6, 6.07) is 1.84. The molecule has 1 aliphatic rings. The van der Waals surface area contributed by atoms with Crippen LogP contribution in [0.25, 0.3) is 0 Å². The van der Waals surface area contributed by atoms with Crippen molar-refractivity contribution in [2.24, 2.45) is 0 Å². The zero-order valence-corrected chi connectivity index (χ0v) is 8.27. The third kappa shape index (κ3) is 1.47. The molecule has 0 atom stereocenters. The lowest BCUT2D eigenvalue weighted by molar-refractivity contribution is -0.140. The summed E-state index contributed by atoms with van der Waals surface area (Å²) in [6.07, 6.45) is 0.517. The maximum atomic E-state index is 13.5. The molecule has 0 aromatic heterocycles. The quantitative estimate of drug-likeness (QED) is 0.866. The van der Waals surface area contributed by atoms with Crippen molar-refractivity contribution in [2.45, 2.75) is 24.9 Å². The lowest BCUT2D eigenvalue weighted by Gasteiger charge is -2.12. The molecule has 5 heteroatoms. The molecule has 1 aromatic carbocycles. The van der Waals surface area contributed by atoms with Crippen molar-refractivity contribution in [3.63, 3.8) is 0 Å². The minimum absolute atomic E-state index is 0.0403. The Morgan fingerprint density at radius 2 is 2.00 bits per heavy atom. The molecule has 1 fully saturated rings. The predicted octanol–water partition coefficient (Wildman–Crippen LogP) is 2.55. The van der Waals surface area contributed by atoms with Gasteiger partial charge in [0.05, 0.1) is 5.41 Å². The second-order valence-electron chi connectivity index (χ2n) is 3.96. The van der Waals surface area contributed by atoms with Crippen molar-refractivity contribution in [3.8, 4) is 0 Å². The van der Waals surface area contributed by atoms with Gasteiger partial charge in [0.15, 0.2) is 11.6 Å². The van der Waals surface area contributed by atoms with Gasteiger partial charge in [-0.25, -0.2) is 13.2 Å². The van der Waals surface area contributed by atoms with Crippen molar-refractivity contribution >= 4 is 5.97 Å². The molecule has 0 saturated heterocycles. The number of halogens is 3. The first kappa shape index (κ1) is 11.0. The van der Waals surface area contributed by atoms with E-state index in [1.807, 2.05) is 0 Å². The van der Waals surface area contributed by atoms with Crippen molar-refractivity contribution in [1.82, 2.24) is 0 Å². The third-order valence-electron chi connectivity index (χ3n) is 2.92. The van der Waals surface area contributed by atoms with Gasteiger partial charge in [-0.2, -0.15) is 0 Å². The van der Waals surface area contributed by atoms with Crippen LogP contribution in [-0.2, 0) is 16.9 Å². The Balaban J connectivity index is 2.56. The lowest BCUT2D eigenvalue weighted by atomic mass is 9.94. The molecular weight excluding hydrogens is 221 g/mol. The van der Waals surface area contributed by atoms with Crippen LogP contribution in [0.1, 0.15) is 24.0 Å². The number of rotatable bonds is 3. The number of carboxylic acid groups (broad SMARTS) is 1. The summed E-state index contributed by atoms with van der Waals surface area (Å²) >= 11 is 0. The molecule has 1 saturated carbocycles. The Hall–Kier alpha value is -1.52. The van der Waals surface area contributed by atoms with Gasteiger partial charge in [-0.15, -0.1) is 0 Å². The molecule has 0 amide bonds. The highest BCUT2D eigenvalue weighted by Gasteiger charge is 2.53. The van der Waals surface area contributed by atoms with Crippen molar-refractivity contribution < 1.29 is 23.1 Å². The average molecular weight is 230 g/mol. The smallest absolute Gasteiger partial charge is 0.314 e. The van der Waals surface area contributed by atoms with Crippen LogP contribution in [0.4, 0.5) is 13.2 Å². The summed E-state index contributed by atoms with van der Waals surface area (Å²) < 4.78 is 39.0. The van der Waals surface area contributed by atoms with Crippen molar-refractivity contribution in [2.75, 3.05) is 0 Å². The summed E-state index contributed by atoms with van der Waals surface area (Å²) in [6.45, 7) is -0.945. The van der Waals surface area contributed by atoms with Gasteiger partial charge in [0, 0.05) is 5.56 Å². The van der Waals surface area contributed by atoms with Crippen molar-refractivity contribution in [1.29, 1.82) is 0 Å². The highest BCUT2D eigenvalue weighted by Crippen LogP contribution is 2.49. The maximum Gasteiger partial charge on any atom is 0.314 e. The lowest BCUT2D eigenvalue weighted by Crippen LogP contribution is -2.21. The summed E-state index contributed by atoms with van der Waals surface area (Å²) in [5.41, 5.74) is -1.63. The largest absolute Gasteiger partial charge is 0.481 e. The topological polar surface area (TPSA) is 37.3 Å². The van der Waals surface area contributed by atoms with Gasteiger partial charge in [0.1, 0.15) is 6.67 Å². The SMILES string of the molecule is O=C(O)C1(c2cc(CF)cc(F)c2F)CC1. The fraction of sp³-hybridized carbons (Fsp3) is 0.364. The molecule has 2 rings (SSSR count). The van der Waals surface area contributed by atoms with E-state index in [9.17, 15) is 18.0 Å². The molecule has 2 nitrogen and oxygen atoms in total. The van der Waals surface area contributed by atoms with Gasteiger partial charge in [-0.1, -0.05) is 0 Å². The number of carbonyl (C=O) groups is 1. The van der Waals surface area contributed by atoms with Crippen LogP contribution in [-0.4, -0.2) is 11.1 Å². The number of hydrogen-bond donors (Lipinski definition) is 1. The number of hydrogen-bond acceptors (Lipinski definition) is 1. The Labute approximate surface area is 89.7 Å². The molecule has 0 heterocycles. The van der Waals surface area contributed by atoms with E-state index in [4.69, 9.17) is 5.11 Å². The molecule has 0 spiro atoms. The molecule has 1 N–H and O–H groups in total. The van der Waals surface area contributed by atoms with Crippen LogP contribution in [0.2, 0.25) is 0 Å². The second kappa shape index (κ2) is 3.50. The van der Waals surface area contributed by atoms with Gasteiger partial charge in [0.2, 0.25) is 0 Å². The van der Waals surface area contributed by atoms with Crippen LogP contribution < -0.4 is 0 Å². The Morgan fingerprint density at radius 1 is 1.38 bits per heavy atom. The molecule has 0 unspecified atom stereocenters. The van der Waals surface area contributed by atoms with E-state index in [0.29, 0.717) is 0 Å². The van der Waals surface area contributed by atoms with Gasteiger partial charge in [0.25, 0.3) is 0 Å². The monoisotopic (exact) mass is 230 g/mol. The van der Waals surface area contributed by atoms with E-state index in [1.165, 1.54) is 0 Å². The number of aliphatic carboxylic acids is 1. The van der Waals surface area contributed by atoms with E-state index in [1.54, 1.807) is 0 Å². The van der Waals surface area contributed by atoms with Gasteiger partial charge >= 0.3 is 5.97 Å². The Bertz CT molecular complexity index is 453. The van der Waals surface area contributed by atoms with Gasteiger partial charge in [-0.3, -0.25) is 4.79 Å². The van der Waals surface area contributed by atoms with E-state index >= 15 is 0 Å². The van der Waals surface area contributed by atoms with Gasteiger partial charge < -0.3 is 5.11 Å². The minimum Gasteiger partial charge on any atom is -0.481 e. The summed E-state index contributed by atoms with van der Waals surface area (Å²) in [4.78, 5) is 11.0. The van der Waals surface area contributed by atoms with Gasteiger partial charge in [-0.05, 0) is 30.5 Å². The first-order valence-electron chi connectivity index (χ1n) is 4.79. The molecule has 1 aromatic rings. The third-order valence-corrected chi connectivity index (χ3v) is 2.92. The Morgan fingerprint density at radius 3 is 2.44 bits per heavy atom. The molecular formula is C11H9F3O2. The first-order chi connectivity index (χ1) is 7.51. The highest BCUT2D eigenvalue weighted by molar-refractivity contribution is 5.85. The van der Waals surface area contributed by atoms with E-state index in [-0.39, 0.29) is 24.0 Å². The zero-order chi connectivity index (χ0) is 11.9. The van der Waals surface area contributed by atoms with Crippen LogP contribution in [0.5, 0.6) is 0 Å². The normalized spacial score (nSPS) is 17.2. The molecule has 0 radical (unpaired) electrons. The predicted molar refractivity (Wildman–Crippen MR) is 49.7 cm³/mol. The summed E-state index contributed by atoms with van der Waals surface area (Å²) in [5.74, 6) is -3.57. The average Bonchev–Trinajstić information content (AvgIpc) is 3.02. The van der Waals surface area contributed by atoms with E-state index in [0.717, 1.165) is 12.1 Å². The molecule has 86 valence electrons. The zero-order valence-electron chi connectivity index (χ0n) is 8.27. The molecule has 1 aliphatic carbocycles. The van der Waals surface area contributed by atoms with Crippen LogP contribution in [0, 0.1) is 11.6 Å². The van der Waals surface area contributed by atoms with Crippen LogP contribution in [0.3, 0.4) is 0 Å². The minimum atomic E-state index is -1.35. The summed E-state index contributed by atoms with van der Waals surface area (Å²) in [7, 11) is 0. The van der Waals surface area contributed by atoms with E-state index < -0.39 is 29.7 Å². The van der Waals surface area contributed by atoms with Crippen molar-refractivity contribution in [3.05, 3.63) is 34.9 Å². The van der Waals surface area contributed by atoms with Crippen LogP contribution in [0.15, 0.2) is 12.1 Å². The fourth-order valence-corrected chi connectivity index (χ4v) is 1.79. The molecule has 0 bridgehead atoms. The first-order valence-corrected chi connectivity index (χ1v) is 4.79. The summed E-state index contributed by atoms with van der Waals surface area (Å²) in [5, 5.41) is 8.95. The van der Waals surface area contributed by atoms with E-state index in [2.05, 4.69) is 0 Å². The highest BCUT2D eigenvalue weighted by atomic mass is 19.2. The second-order valence-corrected chi connectivity index (χ2v) is 3.96.